The summed E-state index contributed by atoms with van der Waals surface area (Å²) in [6.07, 6.45) is 3.47. The molecule has 0 spiro atoms. The van der Waals surface area contributed by atoms with E-state index in [1.807, 2.05) is 41.1 Å². The molecule has 2 aromatic heterocycles. The van der Waals surface area contributed by atoms with Crippen molar-refractivity contribution in [2.75, 3.05) is 13.7 Å². The molecule has 0 atom stereocenters. The minimum atomic E-state index is -0.151. The summed E-state index contributed by atoms with van der Waals surface area (Å²) in [6, 6.07) is 24.3. The summed E-state index contributed by atoms with van der Waals surface area (Å²) < 4.78 is 7.33. The Morgan fingerprint density at radius 1 is 1.00 bits per heavy atom. The first-order valence-electron chi connectivity index (χ1n) is 12.4. The largest absolute Gasteiger partial charge is 0.497 e. The molecular formula is C29H31N5O2. The van der Waals surface area contributed by atoms with Gasteiger partial charge in [-0.1, -0.05) is 48.5 Å². The fourth-order valence-electron chi connectivity index (χ4n) is 4.68. The van der Waals surface area contributed by atoms with Crippen LogP contribution in [0, 0.1) is 0 Å². The van der Waals surface area contributed by atoms with Crippen LogP contribution >= 0.6 is 0 Å². The number of nitrogens with zero attached hydrogens (tertiary/aromatic N) is 4. The molecule has 1 aliphatic heterocycles. The van der Waals surface area contributed by atoms with Gasteiger partial charge < -0.3 is 10.1 Å². The van der Waals surface area contributed by atoms with E-state index in [-0.39, 0.29) is 5.91 Å². The number of carbonyl (C=O) groups excluding carboxylic acids is 1. The van der Waals surface area contributed by atoms with E-state index in [0.717, 1.165) is 49.5 Å². The molecule has 5 rings (SSSR count). The Balaban J connectivity index is 1.35. The molecule has 0 saturated heterocycles. The molecule has 184 valence electrons. The van der Waals surface area contributed by atoms with Gasteiger partial charge in [-0.2, -0.15) is 5.10 Å². The van der Waals surface area contributed by atoms with Gasteiger partial charge in [-0.3, -0.25) is 19.4 Å². The predicted octanol–water partition coefficient (Wildman–Crippen LogP) is 4.02. The number of aromatic nitrogens is 3. The average molecular weight is 482 g/mol. The fraction of sp³-hybridized carbons (Fsp3) is 0.276. The molecule has 36 heavy (non-hydrogen) atoms. The summed E-state index contributed by atoms with van der Waals surface area (Å²) in [4.78, 5) is 20.0. The molecular weight excluding hydrogens is 450 g/mol. The summed E-state index contributed by atoms with van der Waals surface area (Å²) >= 11 is 0. The number of aryl methyl sites for hydroxylation is 2. The Bertz CT molecular complexity index is 1290. The van der Waals surface area contributed by atoms with Crippen LogP contribution in [-0.4, -0.2) is 39.2 Å². The lowest BCUT2D eigenvalue weighted by Crippen LogP contribution is -2.32. The van der Waals surface area contributed by atoms with Gasteiger partial charge >= 0.3 is 0 Å². The highest BCUT2D eigenvalue weighted by atomic mass is 16.5. The standard InChI is InChI=1S/C29H31N5O2/c1-36-25-12-10-23(11-13-25)20-33-17-15-27-26(21-33)28(29(35)31-19-24-9-5-6-16-30-24)32-34(27)18-14-22-7-3-2-4-8-22/h2-13,16H,14-15,17-21H2,1H3,(H,31,35). The van der Waals surface area contributed by atoms with E-state index in [9.17, 15) is 4.79 Å². The van der Waals surface area contributed by atoms with Crippen LogP contribution in [0.15, 0.2) is 79.0 Å². The number of hydrogen-bond donors (Lipinski definition) is 1. The smallest absolute Gasteiger partial charge is 0.272 e. The molecule has 0 saturated carbocycles. The Kier molecular flexibility index (Phi) is 7.38. The van der Waals surface area contributed by atoms with E-state index in [0.29, 0.717) is 18.8 Å². The van der Waals surface area contributed by atoms with E-state index in [1.165, 1.54) is 16.8 Å². The number of carbonyl (C=O) groups is 1. The summed E-state index contributed by atoms with van der Waals surface area (Å²) in [5.41, 5.74) is 6.02. The Morgan fingerprint density at radius 2 is 1.81 bits per heavy atom. The molecule has 7 heteroatoms. The molecule has 1 N–H and O–H groups in total. The van der Waals surface area contributed by atoms with Crippen molar-refractivity contribution in [3.05, 3.63) is 113 Å². The van der Waals surface area contributed by atoms with Crippen molar-refractivity contribution < 1.29 is 9.53 Å². The molecule has 2 aromatic carbocycles. The van der Waals surface area contributed by atoms with Gasteiger partial charge in [-0.05, 0) is 41.8 Å². The summed E-state index contributed by atoms with van der Waals surface area (Å²) in [7, 11) is 1.68. The molecule has 0 aliphatic carbocycles. The number of rotatable bonds is 9. The van der Waals surface area contributed by atoms with Gasteiger partial charge in [0.25, 0.3) is 5.91 Å². The number of methoxy groups -OCH3 is 1. The third-order valence-corrected chi connectivity index (χ3v) is 6.60. The van der Waals surface area contributed by atoms with Crippen molar-refractivity contribution in [2.45, 2.75) is 39.0 Å². The number of nitrogens with one attached hydrogen (secondary N) is 1. The van der Waals surface area contributed by atoms with Crippen LogP contribution in [0.1, 0.15) is 38.6 Å². The van der Waals surface area contributed by atoms with Gasteiger partial charge in [0.1, 0.15) is 5.75 Å². The lowest BCUT2D eigenvalue weighted by Gasteiger charge is -2.28. The molecule has 0 fully saturated rings. The highest BCUT2D eigenvalue weighted by Crippen LogP contribution is 2.25. The number of ether oxygens (including phenoxy) is 1. The predicted molar refractivity (Wildman–Crippen MR) is 139 cm³/mol. The van der Waals surface area contributed by atoms with E-state index in [1.54, 1.807) is 13.3 Å². The third kappa shape index (κ3) is 5.63. The SMILES string of the molecule is COc1ccc(CN2CCc3c(c(C(=O)NCc4ccccn4)nn3CCc3ccccc3)C2)cc1. The van der Waals surface area contributed by atoms with Gasteiger partial charge in [0.15, 0.2) is 5.69 Å². The first kappa shape index (κ1) is 23.8. The summed E-state index contributed by atoms with van der Waals surface area (Å²) in [6.45, 7) is 3.55. The number of hydrogen-bond acceptors (Lipinski definition) is 5. The van der Waals surface area contributed by atoms with Crippen LogP contribution in [0.3, 0.4) is 0 Å². The van der Waals surface area contributed by atoms with Crippen molar-refractivity contribution in [1.82, 2.24) is 25.0 Å². The lowest BCUT2D eigenvalue weighted by atomic mass is 10.0. The van der Waals surface area contributed by atoms with Gasteiger partial charge in [-0.15, -0.1) is 0 Å². The molecule has 1 amide bonds. The van der Waals surface area contributed by atoms with Crippen LogP contribution in [0.2, 0.25) is 0 Å². The van der Waals surface area contributed by atoms with Crippen LogP contribution in [0.25, 0.3) is 0 Å². The van der Waals surface area contributed by atoms with Crippen LogP contribution in [-0.2, 0) is 39.0 Å². The third-order valence-electron chi connectivity index (χ3n) is 6.60. The van der Waals surface area contributed by atoms with Crippen molar-refractivity contribution >= 4 is 5.91 Å². The van der Waals surface area contributed by atoms with Crippen LogP contribution in [0.4, 0.5) is 0 Å². The molecule has 0 bridgehead atoms. The Labute approximate surface area is 211 Å². The first-order chi connectivity index (χ1) is 17.7. The quantitative estimate of drug-likeness (QED) is 0.391. The molecule has 4 aromatic rings. The second-order valence-corrected chi connectivity index (χ2v) is 9.05. The monoisotopic (exact) mass is 481 g/mol. The van der Waals surface area contributed by atoms with Gasteiger partial charge in [0.05, 0.1) is 19.3 Å². The summed E-state index contributed by atoms with van der Waals surface area (Å²) in [5, 5.41) is 7.84. The zero-order chi connectivity index (χ0) is 24.7. The number of benzene rings is 2. The van der Waals surface area contributed by atoms with Crippen molar-refractivity contribution in [2.24, 2.45) is 0 Å². The van der Waals surface area contributed by atoms with Crippen molar-refractivity contribution in [3.63, 3.8) is 0 Å². The van der Waals surface area contributed by atoms with E-state index < -0.39 is 0 Å². The first-order valence-corrected chi connectivity index (χ1v) is 12.4. The number of fused-ring (bicyclic) bond motifs is 1. The fourth-order valence-corrected chi connectivity index (χ4v) is 4.68. The van der Waals surface area contributed by atoms with Gasteiger partial charge in [0.2, 0.25) is 0 Å². The zero-order valence-corrected chi connectivity index (χ0v) is 20.6. The molecule has 0 radical (unpaired) electrons. The summed E-state index contributed by atoms with van der Waals surface area (Å²) in [5.74, 6) is 0.702. The van der Waals surface area contributed by atoms with Gasteiger partial charge in [-0.25, -0.2) is 0 Å². The highest BCUT2D eigenvalue weighted by Gasteiger charge is 2.28. The highest BCUT2D eigenvalue weighted by molar-refractivity contribution is 5.94. The average Bonchev–Trinajstić information content (AvgIpc) is 3.30. The van der Waals surface area contributed by atoms with Crippen molar-refractivity contribution in [3.8, 4) is 5.75 Å². The maximum Gasteiger partial charge on any atom is 0.272 e. The minimum absolute atomic E-state index is 0.151. The van der Waals surface area contributed by atoms with Crippen molar-refractivity contribution in [1.29, 1.82) is 0 Å². The second-order valence-electron chi connectivity index (χ2n) is 9.05. The molecule has 3 heterocycles. The number of pyridine rings is 1. The van der Waals surface area contributed by atoms with E-state index >= 15 is 0 Å². The topological polar surface area (TPSA) is 72.3 Å². The van der Waals surface area contributed by atoms with E-state index in [4.69, 9.17) is 9.84 Å². The number of amides is 1. The molecule has 1 aliphatic rings. The van der Waals surface area contributed by atoms with Gasteiger partial charge in [0, 0.05) is 50.1 Å². The maximum atomic E-state index is 13.3. The Morgan fingerprint density at radius 3 is 2.56 bits per heavy atom. The Hall–Kier alpha value is -3.97. The van der Waals surface area contributed by atoms with E-state index in [2.05, 4.69) is 51.6 Å². The van der Waals surface area contributed by atoms with Crippen LogP contribution in [0.5, 0.6) is 5.75 Å². The second kappa shape index (κ2) is 11.2. The zero-order valence-electron chi connectivity index (χ0n) is 20.6. The van der Waals surface area contributed by atoms with Crippen LogP contribution < -0.4 is 10.1 Å². The minimum Gasteiger partial charge on any atom is -0.497 e. The lowest BCUT2D eigenvalue weighted by molar-refractivity contribution is 0.0942. The normalized spacial score (nSPS) is 13.2. The molecule has 0 unspecified atom stereocenters. The molecule has 7 nitrogen and oxygen atoms in total. The maximum absolute atomic E-state index is 13.3.